The summed E-state index contributed by atoms with van der Waals surface area (Å²) in [5.41, 5.74) is 6.96. The molecule has 0 radical (unpaired) electrons. The third-order valence-electron chi connectivity index (χ3n) is 24.4. The first-order valence-electron chi connectivity index (χ1n) is 47.2. The van der Waals surface area contributed by atoms with Crippen LogP contribution in [-0.4, -0.2) is 221 Å². The van der Waals surface area contributed by atoms with E-state index in [1.807, 2.05) is 91.0 Å². The smallest absolute Gasteiger partial charge is 0.297 e. The van der Waals surface area contributed by atoms with Crippen LogP contribution >= 0.6 is 69.6 Å². The number of halogens is 7. The molecule has 0 atom stereocenters. The summed E-state index contributed by atoms with van der Waals surface area (Å²) in [6.07, 6.45) is 8.55. The van der Waals surface area contributed by atoms with E-state index in [9.17, 15) is 42.7 Å². The molecule has 3 aliphatic heterocycles. The third kappa shape index (κ3) is 30.4. The van der Waals surface area contributed by atoms with Gasteiger partial charge in [-0.05, 0) is 214 Å². The van der Waals surface area contributed by atoms with Crippen LogP contribution in [0.25, 0.3) is 28.2 Å². The van der Waals surface area contributed by atoms with Crippen LogP contribution in [-0.2, 0) is 9.59 Å². The second-order valence-electron chi connectivity index (χ2n) is 34.3. The molecule has 0 aliphatic carbocycles. The summed E-state index contributed by atoms with van der Waals surface area (Å²) < 4.78 is 48.8. The number of hydrogen-bond acceptors (Lipinski definition) is 20. The third-order valence-corrected chi connectivity index (χ3v) is 26.0. The van der Waals surface area contributed by atoms with Crippen molar-refractivity contribution in [2.45, 2.75) is 38.5 Å². The van der Waals surface area contributed by atoms with Gasteiger partial charge in [0.1, 0.15) is 28.5 Å². The number of hydrogen-bond donors (Lipinski definition) is 2. The number of carbonyl (C=O) groups excluding carboxylic acids is 7. The fraction of sp³-hybridized carbons (Fsp3) is 0.257. The van der Waals surface area contributed by atoms with Crippen molar-refractivity contribution in [3.05, 3.63) is 387 Å². The molecule has 13 aromatic rings. The molecule has 3 fully saturated rings. The predicted molar refractivity (Wildman–Crippen MR) is 562 cm³/mol. The lowest BCUT2D eigenvalue weighted by Gasteiger charge is -2.34. The molecule has 0 saturated carbocycles. The van der Waals surface area contributed by atoms with Crippen molar-refractivity contribution in [2.24, 2.45) is 0 Å². The van der Waals surface area contributed by atoms with Crippen molar-refractivity contribution in [2.75, 3.05) is 162 Å². The summed E-state index contributed by atoms with van der Waals surface area (Å²) in [5.74, 6) is 0.693. The van der Waals surface area contributed by atoms with E-state index in [0.717, 1.165) is 154 Å². The number of ketones is 5. The van der Waals surface area contributed by atoms with Crippen LogP contribution in [0.4, 0.5) is 15.8 Å². The van der Waals surface area contributed by atoms with E-state index in [1.165, 1.54) is 36.4 Å². The molecule has 3 aliphatic rings. The number of anilines is 2. The van der Waals surface area contributed by atoms with Gasteiger partial charge >= 0.3 is 0 Å². The second-order valence-corrected chi connectivity index (χ2v) is 36.8. The maximum absolute atomic E-state index is 13.4. The molecule has 4 heterocycles. The predicted octanol–water partition coefficient (Wildman–Crippen LogP) is 22.4. The number of ether oxygens (including phenoxy) is 5. The number of benzene rings is 12. The quantitative estimate of drug-likeness (QED) is 0.0206. The molecule has 2 amide bonds. The lowest BCUT2D eigenvalue weighted by molar-refractivity contribution is -0.118. The van der Waals surface area contributed by atoms with Crippen LogP contribution in [0.5, 0.6) is 28.9 Å². The summed E-state index contributed by atoms with van der Waals surface area (Å²) in [6.45, 7) is 16.4. The summed E-state index contributed by atoms with van der Waals surface area (Å²) in [6, 6.07) is 79.5. The zero-order chi connectivity index (χ0) is 99.6. The molecule has 22 nitrogen and oxygen atoms in total. The minimum atomic E-state index is -0.391. The maximum atomic E-state index is 13.4. The van der Waals surface area contributed by atoms with Crippen LogP contribution in [0, 0.1) is 5.82 Å². The fourth-order valence-corrected chi connectivity index (χ4v) is 17.8. The molecule has 29 heteroatoms. The molecule has 0 unspecified atom stereocenters. The first-order valence-corrected chi connectivity index (χ1v) is 49.5. The van der Waals surface area contributed by atoms with E-state index in [4.69, 9.17) is 97.7 Å². The monoisotopic (exact) mass is 2030 g/mol. The number of amides is 2. The zero-order valence-electron chi connectivity index (χ0n) is 78.6. The number of methoxy groups -OCH3 is 1. The van der Waals surface area contributed by atoms with Gasteiger partial charge < -0.3 is 58.3 Å². The Morgan fingerprint density at radius 2 is 0.746 bits per heavy atom. The number of para-hydroxylation sites is 1. The van der Waals surface area contributed by atoms with E-state index in [1.54, 1.807) is 171 Å². The van der Waals surface area contributed by atoms with E-state index < -0.39 is 5.82 Å². The van der Waals surface area contributed by atoms with Crippen molar-refractivity contribution in [1.82, 2.24) is 29.4 Å². The number of unbranched alkanes of at least 4 members (excludes halogenated alkanes) is 2. The first-order chi connectivity index (χ1) is 69.0. The molecule has 0 bridgehead atoms. The highest BCUT2D eigenvalue weighted by atomic mass is 35.5. The first kappa shape index (κ1) is 105. The molecule has 0 spiro atoms. The van der Waals surface area contributed by atoms with Gasteiger partial charge in [0.25, 0.3) is 5.95 Å². The molecular weight excluding hydrogens is 1930 g/mol. The highest BCUT2D eigenvalue weighted by molar-refractivity contribution is 6.37. The fourth-order valence-electron chi connectivity index (χ4n) is 16.7. The van der Waals surface area contributed by atoms with Gasteiger partial charge in [-0.25, -0.2) is 4.39 Å². The molecule has 1 aromatic heterocycles. The molecular formula is C113H109Cl6FN8O14. The highest BCUT2D eigenvalue weighted by Gasteiger charge is 2.28. The molecule has 12 aromatic carbocycles. The number of piperazine rings is 3. The Kier molecular flexibility index (Phi) is 39.5. The van der Waals surface area contributed by atoms with Crippen LogP contribution in [0.3, 0.4) is 0 Å². The maximum Gasteiger partial charge on any atom is 0.297 e. The molecule has 142 heavy (non-hydrogen) atoms. The summed E-state index contributed by atoms with van der Waals surface area (Å²) >= 11 is 37.3. The minimum absolute atomic E-state index is 0.0884. The number of rotatable bonds is 41. The second kappa shape index (κ2) is 53.4. The minimum Gasteiger partial charge on any atom is -0.493 e. The van der Waals surface area contributed by atoms with Crippen LogP contribution < -0.4 is 39.7 Å². The Morgan fingerprint density at radius 1 is 0.359 bits per heavy atom. The van der Waals surface area contributed by atoms with Crippen LogP contribution in [0.1, 0.15) is 118 Å². The molecule has 2 N–H and O–H groups in total. The van der Waals surface area contributed by atoms with Gasteiger partial charge in [-0.1, -0.05) is 209 Å². The standard InChI is InChI=1S/C38H36Cl2FN3O5.C38H40Cl2N2O4.C37H33Cl2N3O5/c1-48-36-23-26(7-15-34(45)27-9-12-29(41)13-10-27)8-16-35(36)49-22-4-17-43-18-20-44(21-19-43)25-37(46)42-33-14-11-28(39)24-31(33)38(47)30-5-2-3-6-32(30)40;39-31-15-17-35(33(27-31)37(43)29-11-3-1-4-12-29)45-25-9-7-19-41-21-23-42(24-22-41)20-8-10-26-46-36-18-16-32(40)28-34(36)38(44)30-13-5-2-6-14-30;38-26-15-16-31(29(23-26)35(44)27-11-4-6-13-30(27)39)40-33(43)24-42-20-18-41(19-21-42)17-8-22-46-37-34(25-9-2-1-3-10-25)36(45)28-12-5-7-14-32(28)47-37/h2-3,5-16,23-24H,4,17-22,25H2,1H3,(H,42,46);1-6,11-18,27-28H,7-10,19-26H2;1-7,9-16,23H,8,17-22,24H2,(H,40,43)/b15-7+;;. The summed E-state index contributed by atoms with van der Waals surface area (Å²) in [4.78, 5) is 118. The largest absolute Gasteiger partial charge is 0.493 e. The van der Waals surface area contributed by atoms with Crippen LogP contribution in [0.2, 0.25) is 30.1 Å². The number of allylic oxidation sites excluding steroid dienone is 1. The average Bonchev–Trinajstić information content (AvgIpc) is 0.891. The summed E-state index contributed by atoms with van der Waals surface area (Å²) in [5, 5.41) is 8.75. The number of carbonyl (C=O) groups is 7. The Bertz CT molecular complexity index is 6480. The Labute approximate surface area is 855 Å². The molecule has 16 rings (SSSR count). The average molecular weight is 2030 g/mol. The van der Waals surface area contributed by atoms with Crippen LogP contribution in [0.15, 0.2) is 294 Å². The number of fused-ring (bicyclic) bond motifs is 1. The molecule has 734 valence electrons. The van der Waals surface area contributed by atoms with E-state index in [2.05, 4.69) is 40.0 Å². The van der Waals surface area contributed by atoms with Crippen molar-refractivity contribution < 1.29 is 66.1 Å². The van der Waals surface area contributed by atoms with Gasteiger partial charge in [-0.2, -0.15) is 0 Å². The number of nitrogens with one attached hydrogen (secondary N) is 2. The molecule has 3 saturated heterocycles. The van der Waals surface area contributed by atoms with E-state index in [0.29, 0.717) is 146 Å². The Morgan fingerprint density at radius 3 is 1.21 bits per heavy atom. The van der Waals surface area contributed by atoms with Gasteiger partial charge in [-0.15, -0.1) is 0 Å². The topological polar surface area (TPSA) is 239 Å². The lowest BCUT2D eigenvalue weighted by Crippen LogP contribution is -2.48. The van der Waals surface area contributed by atoms with Gasteiger partial charge in [0.05, 0.1) is 84.6 Å². The van der Waals surface area contributed by atoms with Crippen molar-refractivity contribution in [3.63, 3.8) is 0 Å². The van der Waals surface area contributed by atoms with Crippen molar-refractivity contribution >= 4 is 139 Å². The van der Waals surface area contributed by atoms with Gasteiger partial charge in [0.2, 0.25) is 17.2 Å². The zero-order valence-corrected chi connectivity index (χ0v) is 83.1. The number of nitrogens with zero attached hydrogens (tertiary/aromatic N) is 6. The van der Waals surface area contributed by atoms with Crippen molar-refractivity contribution in [3.8, 4) is 40.1 Å². The van der Waals surface area contributed by atoms with Gasteiger partial charge in [-0.3, -0.25) is 48.2 Å². The van der Waals surface area contributed by atoms with Crippen molar-refractivity contribution in [1.29, 1.82) is 0 Å². The highest BCUT2D eigenvalue weighted by Crippen LogP contribution is 2.36. The van der Waals surface area contributed by atoms with E-state index >= 15 is 0 Å². The SMILES string of the molecule is COc1cc(/C=C/C(=O)c2ccc(F)cc2)ccc1OCCCN1CCN(CC(=O)Nc2ccc(Cl)cc2C(=O)c2ccccc2Cl)CC1.O=C(CN1CCN(CCCOc2oc3ccccc3c(=O)c2-c2ccccc2)CC1)Nc1ccc(Cl)cc1C(=O)c1ccccc1Cl.O=C(c1ccccc1)c1cc(Cl)ccc1OCCCCN1CCN(CCCCOc2ccc(Cl)cc2C(=O)c2ccccc2)CC1. The Hall–Kier alpha value is -12.7. The normalized spacial score (nSPS) is 13.8. The van der Waals surface area contributed by atoms with E-state index in [-0.39, 0.29) is 76.3 Å². The van der Waals surface area contributed by atoms with Gasteiger partial charge in [0, 0.05) is 151 Å². The Balaban J connectivity index is 0.000000169. The summed E-state index contributed by atoms with van der Waals surface area (Å²) in [7, 11) is 1.56. The lowest BCUT2D eigenvalue weighted by atomic mass is 10.0. The van der Waals surface area contributed by atoms with Gasteiger partial charge in [0.15, 0.2) is 40.4 Å².